The Morgan fingerprint density at radius 2 is 0.930 bits per heavy atom. The van der Waals surface area contributed by atoms with Gasteiger partial charge in [-0.15, -0.1) is 0 Å². The van der Waals surface area contributed by atoms with E-state index in [-0.39, 0.29) is 0 Å². The molecule has 0 radical (unpaired) electrons. The number of fused-ring (bicyclic) bond motifs is 3. The number of nitrogens with zero attached hydrogens (tertiary/aromatic N) is 3. The molecule has 3 heteroatoms. The van der Waals surface area contributed by atoms with Gasteiger partial charge in [0.05, 0.1) is 12.0 Å². The van der Waals surface area contributed by atoms with Crippen LogP contribution in [0.25, 0.3) is 22.3 Å². The summed E-state index contributed by atoms with van der Waals surface area (Å²) in [6.45, 7) is 4.39. The third kappa shape index (κ3) is 6.96. The van der Waals surface area contributed by atoms with E-state index in [0.717, 1.165) is 23.1 Å². The first-order chi connectivity index (χ1) is 28.2. The number of hydrogen-bond acceptors (Lipinski definition) is 1. The second kappa shape index (κ2) is 15.9. The predicted molar refractivity (Wildman–Crippen MR) is 238 cm³/mol. The van der Waals surface area contributed by atoms with Crippen molar-refractivity contribution in [2.45, 2.75) is 18.4 Å². The van der Waals surface area contributed by atoms with E-state index in [1.807, 2.05) is 48.5 Å². The minimum atomic E-state index is -0.416. The number of aliphatic imine (C=N–C) groups is 3. The number of benzene rings is 8. The lowest BCUT2D eigenvalue weighted by Crippen LogP contribution is -2.28. The van der Waals surface area contributed by atoms with Crippen LogP contribution in [0.15, 0.2) is 227 Å². The molecule has 0 aromatic heterocycles. The molecule has 0 saturated heterocycles. The molecule has 1 aliphatic rings. The van der Waals surface area contributed by atoms with Crippen molar-refractivity contribution in [2.75, 3.05) is 0 Å². The minimum Gasteiger partial charge on any atom is -0.261 e. The normalized spacial score (nSPS) is 13.1. The molecule has 0 amide bonds. The molecule has 8 aromatic rings. The quantitative estimate of drug-likeness (QED) is 0.105. The maximum absolute atomic E-state index is 4.92. The number of amidine groups is 2. The van der Waals surface area contributed by atoms with Crippen molar-refractivity contribution < 1.29 is 0 Å². The fourth-order valence-corrected chi connectivity index (χ4v) is 8.27. The van der Waals surface area contributed by atoms with Gasteiger partial charge in [0, 0.05) is 11.1 Å². The fourth-order valence-electron chi connectivity index (χ4n) is 8.27. The van der Waals surface area contributed by atoms with E-state index in [4.69, 9.17) is 9.98 Å². The molecule has 9 rings (SSSR count). The Kier molecular flexibility index (Phi) is 9.87. The van der Waals surface area contributed by atoms with E-state index < -0.39 is 5.41 Å². The first-order valence-corrected chi connectivity index (χ1v) is 19.4. The zero-order valence-corrected chi connectivity index (χ0v) is 31.7. The summed E-state index contributed by atoms with van der Waals surface area (Å²) in [6, 6.07) is 75.6. The van der Waals surface area contributed by atoms with Crippen LogP contribution in [0.1, 0.15) is 50.1 Å². The second-order valence-electron chi connectivity index (χ2n) is 14.4. The molecule has 272 valence electrons. The summed E-state index contributed by atoms with van der Waals surface area (Å²) in [7, 11) is 0. The maximum Gasteiger partial charge on any atom is 0.161 e. The van der Waals surface area contributed by atoms with E-state index >= 15 is 0 Å². The molecule has 3 nitrogen and oxygen atoms in total. The Balaban J connectivity index is 0.984. The van der Waals surface area contributed by atoms with Gasteiger partial charge < -0.3 is 0 Å². The summed E-state index contributed by atoms with van der Waals surface area (Å²) in [4.78, 5) is 14.1. The third-order valence-electron chi connectivity index (χ3n) is 11.0. The van der Waals surface area contributed by atoms with Crippen molar-refractivity contribution >= 4 is 18.4 Å². The van der Waals surface area contributed by atoms with Gasteiger partial charge in [-0.05, 0) is 80.4 Å². The molecular weight excluding hydrogens is 691 g/mol. The summed E-state index contributed by atoms with van der Waals surface area (Å²) < 4.78 is 0. The summed E-state index contributed by atoms with van der Waals surface area (Å²) in [5, 5.41) is 0. The van der Waals surface area contributed by atoms with Crippen LogP contribution in [-0.4, -0.2) is 18.4 Å². The predicted octanol–water partition coefficient (Wildman–Crippen LogP) is 12.4. The van der Waals surface area contributed by atoms with E-state index in [0.29, 0.717) is 18.2 Å². The van der Waals surface area contributed by atoms with Gasteiger partial charge in [0.25, 0.3) is 0 Å². The van der Waals surface area contributed by atoms with Crippen molar-refractivity contribution in [1.29, 1.82) is 0 Å². The zero-order valence-electron chi connectivity index (χ0n) is 31.7. The van der Waals surface area contributed by atoms with Gasteiger partial charge >= 0.3 is 0 Å². The van der Waals surface area contributed by atoms with Crippen LogP contribution in [0.2, 0.25) is 0 Å². The minimum absolute atomic E-state index is 0.416. The van der Waals surface area contributed by atoms with Gasteiger partial charge in [-0.3, -0.25) is 4.99 Å². The number of hydrogen-bond donors (Lipinski definition) is 0. The Morgan fingerprint density at radius 1 is 0.421 bits per heavy atom. The molecule has 0 N–H and O–H groups in total. The first kappa shape index (κ1) is 35.5. The molecule has 0 spiro atoms. The highest BCUT2D eigenvalue weighted by Crippen LogP contribution is 2.56. The lowest BCUT2D eigenvalue weighted by Gasteiger charge is -2.34. The van der Waals surface area contributed by atoms with Gasteiger partial charge in [-0.2, -0.15) is 0 Å². The first-order valence-electron chi connectivity index (χ1n) is 19.4. The van der Waals surface area contributed by atoms with Crippen LogP contribution in [-0.2, 0) is 18.4 Å². The molecule has 0 bridgehead atoms. The van der Waals surface area contributed by atoms with Gasteiger partial charge in [-0.25, -0.2) is 9.98 Å². The molecule has 1 aliphatic carbocycles. The van der Waals surface area contributed by atoms with E-state index in [2.05, 4.69) is 176 Å². The molecule has 0 unspecified atom stereocenters. The molecule has 57 heavy (non-hydrogen) atoms. The van der Waals surface area contributed by atoms with Gasteiger partial charge in [0.15, 0.2) is 11.7 Å². The third-order valence-corrected chi connectivity index (χ3v) is 11.0. The monoisotopic (exact) mass is 731 g/mol. The fraction of sp³-hybridized carbons (Fsp3) is 0.0556. The van der Waals surface area contributed by atoms with Gasteiger partial charge in [0.2, 0.25) is 0 Å². The summed E-state index contributed by atoms with van der Waals surface area (Å²) in [5.41, 5.74) is 15.2. The topological polar surface area (TPSA) is 37.1 Å². The highest BCUT2D eigenvalue weighted by atomic mass is 15.0. The van der Waals surface area contributed by atoms with Crippen LogP contribution in [0.5, 0.6) is 0 Å². The van der Waals surface area contributed by atoms with Crippen molar-refractivity contribution in [2.24, 2.45) is 15.0 Å². The van der Waals surface area contributed by atoms with Gasteiger partial charge in [-0.1, -0.05) is 206 Å². The second-order valence-corrected chi connectivity index (χ2v) is 14.4. The van der Waals surface area contributed by atoms with Crippen molar-refractivity contribution in [3.8, 4) is 22.3 Å². The molecule has 0 fully saturated rings. The molecule has 8 aromatic carbocycles. The van der Waals surface area contributed by atoms with Crippen LogP contribution < -0.4 is 0 Å². The SMILES string of the molecule is C=N/C(=N\C(=N/Cc1ccccc1)c1ccccc1)c1ccc(Cc2ccc(-c3ccc4c(c3)C(c3ccccc3)(c3ccccc3)c3ccccc3-4)cc2)cc1. The van der Waals surface area contributed by atoms with Crippen molar-refractivity contribution in [3.05, 3.63) is 262 Å². The molecule has 0 aliphatic heterocycles. The Labute approximate surface area is 335 Å². The van der Waals surface area contributed by atoms with Crippen LogP contribution in [0, 0.1) is 0 Å². The Morgan fingerprint density at radius 3 is 1.56 bits per heavy atom. The summed E-state index contributed by atoms with van der Waals surface area (Å²) in [5.74, 6) is 1.17. The molecular formula is C54H41N3. The van der Waals surface area contributed by atoms with Crippen molar-refractivity contribution in [3.63, 3.8) is 0 Å². The van der Waals surface area contributed by atoms with Crippen LogP contribution in [0.4, 0.5) is 0 Å². The van der Waals surface area contributed by atoms with Crippen LogP contribution >= 0.6 is 0 Å². The number of rotatable bonds is 9. The summed E-state index contributed by atoms with van der Waals surface area (Å²) >= 11 is 0. The zero-order chi connectivity index (χ0) is 38.4. The van der Waals surface area contributed by atoms with E-state index in [1.165, 1.54) is 55.6 Å². The molecule has 0 saturated carbocycles. The van der Waals surface area contributed by atoms with Crippen LogP contribution in [0.3, 0.4) is 0 Å². The van der Waals surface area contributed by atoms with E-state index in [9.17, 15) is 0 Å². The highest BCUT2D eigenvalue weighted by molar-refractivity contribution is 6.12. The lowest BCUT2D eigenvalue weighted by molar-refractivity contribution is 0.769. The average molecular weight is 732 g/mol. The Bertz CT molecular complexity index is 2660. The van der Waals surface area contributed by atoms with E-state index in [1.54, 1.807) is 0 Å². The Hall–Kier alpha value is -7.23. The molecule has 0 heterocycles. The summed E-state index contributed by atoms with van der Waals surface area (Å²) in [6.07, 6.45) is 0.812. The molecule has 0 atom stereocenters. The van der Waals surface area contributed by atoms with Crippen molar-refractivity contribution in [1.82, 2.24) is 0 Å². The van der Waals surface area contributed by atoms with Gasteiger partial charge in [0.1, 0.15) is 0 Å². The average Bonchev–Trinajstić information content (AvgIpc) is 3.59. The maximum atomic E-state index is 4.92. The highest BCUT2D eigenvalue weighted by Gasteiger charge is 2.46. The largest absolute Gasteiger partial charge is 0.261 e. The lowest BCUT2D eigenvalue weighted by atomic mass is 9.67. The standard InChI is InChI=1S/C54H41N3/c1-55-52(57-53(43-18-8-3-9-19-43)56-38-41-16-6-2-7-17-41)44-32-28-40(29-33-44)36-39-26-30-42(31-27-39)45-34-35-49-48-24-14-15-25-50(48)54(51(49)37-45,46-20-10-4-11-21-46)47-22-12-5-13-23-47/h2-35,37H,1,36,38H2/b56-53-,57-52-. The smallest absolute Gasteiger partial charge is 0.161 e.